The van der Waals surface area contributed by atoms with Crippen molar-refractivity contribution in [2.24, 2.45) is 16.2 Å². The van der Waals surface area contributed by atoms with Crippen molar-refractivity contribution in [2.45, 2.75) is 136 Å². The minimum Gasteiger partial charge on any atom is -0.391 e. The summed E-state index contributed by atoms with van der Waals surface area (Å²) in [5.41, 5.74) is 4.44. The zero-order chi connectivity index (χ0) is 60.3. The quantitative estimate of drug-likeness (QED) is 0.0611. The van der Waals surface area contributed by atoms with Crippen molar-refractivity contribution in [1.82, 2.24) is 50.5 Å². The fraction of sp³-hybridized carbons (Fsp3) is 0.635. The second-order valence-corrected chi connectivity index (χ2v) is 27.8. The molecule has 4 amide bonds. The van der Waals surface area contributed by atoms with Crippen LogP contribution < -0.4 is 31.1 Å². The molecule has 462 valence electrons. The minimum absolute atomic E-state index is 0.0141. The first kappa shape index (κ1) is 62.2. The highest BCUT2D eigenvalue weighted by molar-refractivity contribution is 7.13. The van der Waals surface area contributed by atoms with Crippen molar-refractivity contribution < 1.29 is 37.8 Å². The molecule has 6 fully saturated rings. The normalized spacial score (nSPS) is 23.6. The number of hydrogen-bond donors (Lipinski definition) is 5. The van der Waals surface area contributed by atoms with Gasteiger partial charge in [0.25, 0.3) is 0 Å². The Hall–Kier alpha value is -5.91. The number of carbonyl (C=O) groups excluding carboxylic acids is 4. The molecule has 2 aromatic heterocycles. The second-order valence-electron chi connectivity index (χ2n) is 27.0. The van der Waals surface area contributed by atoms with Crippen molar-refractivity contribution in [2.75, 3.05) is 120 Å². The number of amides is 4. The molecular weight excluding hydrogens is 1100 g/mol. The van der Waals surface area contributed by atoms with Gasteiger partial charge < -0.3 is 55.6 Å². The SMILES string of the molecule is Cc1ncsc1-c1ccc([C@H](C)NC(=O)[C@@H]2C[C@@H](O)CN2C(=O)[C@@H](NC(=O)CCN2CC[C@@]3(CCN(CCOCCNc4cc(N5CCC6(CC5)CN(c5cc(F)c(CN7CCC(C)(C)CC7)cc5F)CC(=O)N6)ncn4)C3)C2)C(C)(C)C)cc1. The Labute approximate surface area is 504 Å². The topological polar surface area (TPSA) is 204 Å². The molecule has 4 aromatic rings. The van der Waals surface area contributed by atoms with Crippen LogP contribution in [0.1, 0.15) is 116 Å². The van der Waals surface area contributed by atoms with Gasteiger partial charge in [-0.15, -0.1) is 11.3 Å². The Balaban J connectivity index is 0.616. The van der Waals surface area contributed by atoms with Crippen molar-refractivity contribution in [3.8, 4) is 10.4 Å². The number of hydrogen-bond acceptors (Lipinski definition) is 16. The van der Waals surface area contributed by atoms with Crippen molar-refractivity contribution >= 4 is 52.3 Å². The molecule has 0 unspecified atom stereocenters. The molecule has 6 aliphatic rings. The Morgan fingerprint density at radius 1 is 0.847 bits per heavy atom. The number of benzene rings is 2. The molecule has 6 saturated heterocycles. The molecule has 0 saturated carbocycles. The number of nitrogens with zero attached hydrogens (tertiary/aromatic N) is 9. The number of ether oxygens (including phenoxy) is 1. The summed E-state index contributed by atoms with van der Waals surface area (Å²) in [5.74, 6) is -0.615. The van der Waals surface area contributed by atoms with E-state index in [2.05, 4.69) is 69.7 Å². The van der Waals surface area contributed by atoms with Gasteiger partial charge in [-0.2, -0.15) is 0 Å². The number of thiazole rings is 1. The van der Waals surface area contributed by atoms with Gasteiger partial charge in [0.05, 0.1) is 59.2 Å². The van der Waals surface area contributed by atoms with Crippen molar-refractivity contribution in [3.63, 3.8) is 0 Å². The van der Waals surface area contributed by atoms with E-state index in [4.69, 9.17) is 4.74 Å². The Morgan fingerprint density at radius 3 is 2.25 bits per heavy atom. The zero-order valence-corrected chi connectivity index (χ0v) is 51.7. The average Bonchev–Trinajstić information content (AvgIpc) is 3.78. The van der Waals surface area contributed by atoms with Crippen LogP contribution in [0.15, 0.2) is 54.3 Å². The molecular formula is C63H89F2N13O6S. The lowest BCUT2D eigenvalue weighted by Gasteiger charge is -2.48. The summed E-state index contributed by atoms with van der Waals surface area (Å²) in [6.45, 7) is 24.6. The average molecular weight is 1190 g/mol. The molecule has 6 aliphatic heterocycles. The van der Waals surface area contributed by atoms with E-state index in [9.17, 15) is 24.3 Å². The van der Waals surface area contributed by atoms with Gasteiger partial charge in [-0.25, -0.2) is 23.7 Å². The number of rotatable bonds is 20. The molecule has 5 atom stereocenters. The molecule has 22 heteroatoms. The first-order chi connectivity index (χ1) is 40.5. The minimum atomic E-state index is -0.889. The van der Waals surface area contributed by atoms with E-state index in [-0.39, 0.29) is 72.1 Å². The summed E-state index contributed by atoms with van der Waals surface area (Å²) in [4.78, 5) is 81.7. The lowest BCUT2D eigenvalue weighted by molar-refractivity contribution is -0.144. The van der Waals surface area contributed by atoms with E-state index in [1.807, 2.05) is 70.5 Å². The van der Waals surface area contributed by atoms with E-state index >= 15 is 8.78 Å². The van der Waals surface area contributed by atoms with E-state index in [1.54, 1.807) is 22.6 Å². The Kier molecular flexibility index (Phi) is 19.2. The predicted molar refractivity (Wildman–Crippen MR) is 326 cm³/mol. The van der Waals surface area contributed by atoms with Gasteiger partial charge in [0, 0.05) is 96.0 Å². The number of carbonyl (C=O) groups is 4. The molecule has 0 radical (unpaired) electrons. The summed E-state index contributed by atoms with van der Waals surface area (Å²) in [7, 11) is 0. The number of β-amino-alcohol motifs (C(OH)–C–C–N with tert-alkyl or cyclic N) is 1. The van der Waals surface area contributed by atoms with Gasteiger partial charge >= 0.3 is 0 Å². The third kappa shape index (κ3) is 15.3. The molecule has 8 heterocycles. The number of halogens is 2. The van der Waals surface area contributed by atoms with Gasteiger partial charge in [0.2, 0.25) is 23.6 Å². The van der Waals surface area contributed by atoms with E-state index in [0.717, 1.165) is 99.0 Å². The first-order valence-corrected chi connectivity index (χ1v) is 31.6. The van der Waals surface area contributed by atoms with Gasteiger partial charge in [-0.05, 0) is 112 Å². The monoisotopic (exact) mass is 1190 g/mol. The molecule has 5 N–H and O–H groups in total. The number of aliphatic hydroxyl groups is 1. The number of aliphatic hydroxyl groups excluding tert-OH is 1. The van der Waals surface area contributed by atoms with E-state index in [0.29, 0.717) is 76.7 Å². The smallest absolute Gasteiger partial charge is 0.246 e. The lowest BCUT2D eigenvalue weighted by Crippen LogP contribution is -2.66. The Morgan fingerprint density at radius 2 is 1.55 bits per heavy atom. The van der Waals surface area contributed by atoms with Gasteiger partial charge in [-0.3, -0.25) is 24.1 Å². The first-order valence-electron chi connectivity index (χ1n) is 30.7. The zero-order valence-electron chi connectivity index (χ0n) is 50.9. The number of aromatic nitrogens is 3. The molecule has 85 heavy (non-hydrogen) atoms. The molecule has 10 rings (SSSR count). The second kappa shape index (κ2) is 26.2. The van der Waals surface area contributed by atoms with E-state index < -0.39 is 40.8 Å². The number of likely N-dealkylation sites (tertiary alicyclic amines) is 4. The number of aryl methyl sites for hydroxylation is 1. The van der Waals surface area contributed by atoms with E-state index in [1.165, 1.54) is 17.0 Å². The van der Waals surface area contributed by atoms with Crippen LogP contribution in [0.25, 0.3) is 10.4 Å². The fourth-order valence-electron chi connectivity index (χ4n) is 13.5. The number of nitrogens with one attached hydrogen (secondary N) is 4. The summed E-state index contributed by atoms with van der Waals surface area (Å²) >= 11 is 1.58. The predicted octanol–water partition coefficient (Wildman–Crippen LogP) is 6.37. The van der Waals surface area contributed by atoms with Crippen LogP contribution in [0.3, 0.4) is 0 Å². The largest absolute Gasteiger partial charge is 0.391 e. The van der Waals surface area contributed by atoms with Crippen LogP contribution in [-0.2, 0) is 30.5 Å². The molecule has 0 aliphatic carbocycles. The number of anilines is 3. The van der Waals surface area contributed by atoms with Crippen LogP contribution in [0.2, 0.25) is 0 Å². The third-order valence-electron chi connectivity index (χ3n) is 18.8. The standard InChI is InChI=1S/C63H89F2N13O6S/c1-42(44-8-10-45(11-9-44)56-43(2)69-41-85-56)70-58(82)51-31-47(79)35-78(51)59(83)57(60(3,4)5)71-54(80)12-20-74-23-15-62(37-74)16-24-75(38-62)27-29-84-28-19-66-52-33-53(68-40-67-52)76-25-17-63(18-26-76)39-77(36-55(81)72-63)50-32-48(64)46(30-49(50)65)34-73-21-13-61(6,7)14-22-73/h8-11,30,32-33,40-42,47,51,57,79H,12-29,31,34-39H2,1-7H3,(H,70,82)(H,71,80)(H,72,81)(H,66,67,68)/t42-,47+,51-,57+,62+/m0/s1. The number of piperazine rings is 1. The highest BCUT2D eigenvalue weighted by Gasteiger charge is 2.47. The van der Waals surface area contributed by atoms with Gasteiger partial charge in [0.1, 0.15) is 41.7 Å². The molecule has 19 nitrogen and oxygen atoms in total. The Bertz CT molecular complexity index is 3000. The molecule has 2 aromatic carbocycles. The lowest BCUT2D eigenvalue weighted by atomic mass is 9.82. The van der Waals surface area contributed by atoms with Crippen LogP contribution >= 0.6 is 11.3 Å². The van der Waals surface area contributed by atoms with Gasteiger partial charge in [-0.1, -0.05) is 58.9 Å². The van der Waals surface area contributed by atoms with Crippen molar-refractivity contribution in [1.29, 1.82) is 0 Å². The summed E-state index contributed by atoms with van der Waals surface area (Å²) in [6.07, 6.45) is 6.46. The van der Waals surface area contributed by atoms with Crippen LogP contribution in [-0.4, -0.2) is 192 Å². The summed E-state index contributed by atoms with van der Waals surface area (Å²) in [5, 5.41) is 23.5. The fourth-order valence-corrected chi connectivity index (χ4v) is 14.3. The molecule has 0 bridgehead atoms. The maximum absolute atomic E-state index is 15.8. The maximum atomic E-state index is 15.8. The highest BCUT2D eigenvalue weighted by atomic mass is 32.1. The third-order valence-corrected chi connectivity index (χ3v) is 19.8. The summed E-state index contributed by atoms with van der Waals surface area (Å²) in [6, 6.07) is 10.4. The van der Waals surface area contributed by atoms with Crippen molar-refractivity contribution in [3.05, 3.63) is 82.8 Å². The highest BCUT2D eigenvalue weighted by Crippen LogP contribution is 2.40. The van der Waals surface area contributed by atoms with Crippen LogP contribution in [0.4, 0.5) is 26.1 Å². The van der Waals surface area contributed by atoms with Gasteiger partial charge in [0.15, 0.2) is 0 Å². The maximum Gasteiger partial charge on any atom is 0.246 e. The van der Waals surface area contributed by atoms with Crippen LogP contribution in [0.5, 0.6) is 0 Å². The molecule has 2 spiro atoms. The number of piperidine rings is 2. The summed E-state index contributed by atoms with van der Waals surface area (Å²) < 4.78 is 37.4. The van der Waals surface area contributed by atoms with Crippen LogP contribution in [0, 0.1) is 34.8 Å².